The Morgan fingerprint density at radius 3 is 2.22 bits per heavy atom. The van der Waals surface area contributed by atoms with Crippen LogP contribution < -0.4 is 0 Å². The van der Waals surface area contributed by atoms with Crippen molar-refractivity contribution in [2.24, 2.45) is 52.3 Å². The predicted molar refractivity (Wildman–Crippen MR) is 138 cm³/mol. The zero-order valence-corrected chi connectivity index (χ0v) is 23.8. The van der Waals surface area contributed by atoms with Gasteiger partial charge >= 0.3 is 11.9 Å². The van der Waals surface area contributed by atoms with E-state index in [0.717, 1.165) is 45.1 Å². The maximum Gasteiger partial charge on any atom is 0.302 e. The number of hydrogen-bond donors (Lipinski definition) is 0. The van der Waals surface area contributed by atoms with Gasteiger partial charge < -0.3 is 18.9 Å². The maximum atomic E-state index is 12.3. The molecular weight excluding hydrogens is 468 g/mol. The van der Waals surface area contributed by atoms with Gasteiger partial charge in [0.25, 0.3) is 0 Å². The molecule has 4 aliphatic carbocycles. The number of carbonyl (C=O) groups excluding carboxylic acids is 2. The number of fused-ring (bicyclic) bond motifs is 7. The molecule has 2 heterocycles. The second-order valence-corrected chi connectivity index (χ2v) is 14.4. The van der Waals surface area contributed by atoms with Gasteiger partial charge in [-0.1, -0.05) is 27.7 Å². The molecule has 6 rings (SSSR count). The first-order valence-corrected chi connectivity index (χ1v) is 15.1. The molecule has 2 aliphatic heterocycles. The van der Waals surface area contributed by atoms with Crippen LogP contribution in [0.3, 0.4) is 0 Å². The Kier molecular flexibility index (Phi) is 6.31. The first-order chi connectivity index (χ1) is 17.5. The highest BCUT2D eigenvalue weighted by molar-refractivity contribution is 5.66. The summed E-state index contributed by atoms with van der Waals surface area (Å²) in [6, 6.07) is 0. The minimum atomic E-state index is -0.383. The highest BCUT2D eigenvalue weighted by Crippen LogP contribution is 2.71. The highest BCUT2D eigenvalue weighted by atomic mass is 16.7. The van der Waals surface area contributed by atoms with Gasteiger partial charge in [-0.05, 0) is 91.8 Å². The molecule has 208 valence electrons. The van der Waals surface area contributed by atoms with E-state index in [2.05, 4.69) is 27.7 Å². The highest BCUT2D eigenvalue weighted by Gasteiger charge is 2.70. The van der Waals surface area contributed by atoms with E-state index in [1.807, 2.05) is 0 Å². The van der Waals surface area contributed by atoms with Gasteiger partial charge in [0.05, 0.1) is 12.7 Å². The minimum absolute atomic E-state index is 0.0615. The molecule has 6 nitrogen and oxygen atoms in total. The van der Waals surface area contributed by atoms with Crippen molar-refractivity contribution in [3.8, 4) is 0 Å². The van der Waals surface area contributed by atoms with E-state index in [4.69, 9.17) is 18.9 Å². The van der Waals surface area contributed by atoms with Gasteiger partial charge in [0.15, 0.2) is 5.79 Å². The van der Waals surface area contributed by atoms with Crippen molar-refractivity contribution in [1.82, 2.24) is 0 Å². The molecule has 1 unspecified atom stereocenters. The Hall–Kier alpha value is -1.14. The number of carbonyl (C=O) groups is 2. The lowest BCUT2D eigenvalue weighted by molar-refractivity contribution is -0.273. The molecule has 1 spiro atoms. The molecule has 0 aromatic heterocycles. The van der Waals surface area contributed by atoms with Crippen molar-refractivity contribution in [3.05, 3.63) is 0 Å². The molecule has 0 aromatic rings. The summed E-state index contributed by atoms with van der Waals surface area (Å²) in [6.45, 7) is 13.5. The number of esters is 2. The van der Waals surface area contributed by atoms with E-state index in [-0.39, 0.29) is 52.8 Å². The van der Waals surface area contributed by atoms with Crippen LogP contribution >= 0.6 is 0 Å². The lowest BCUT2D eigenvalue weighted by atomic mass is 9.43. The SMILES string of the molecule is CC(=O)O[C@H]1CC[C@@]2(C)[C@H](C1)[C@H](OC(C)=O)C[C@@H]1[C@@H]2CC[C@]2(C)[C@@H]3[C@H](C[C@@H]12)O[C@]1(CCC(C)CO1)[C@H]3C. The Labute approximate surface area is 222 Å². The summed E-state index contributed by atoms with van der Waals surface area (Å²) in [5.41, 5.74) is 0.342. The molecule has 0 bridgehead atoms. The third kappa shape index (κ3) is 3.93. The van der Waals surface area contributed by atoms with Crippen molar-refractivity contribution < 1.29 is 28.5 Å². The molecule has 37 heavy (non-hydrogen) atoms. The molecule has 6 heteroatoms. The third-order valence-electron chi connectivity index (χ3n) is 12.5. The summed E-state index contributed by atoms with van der Waals surface area (Å²) in [7, 11) is 0. The monoisotopic (exact) mass is 516 g/mol. The van der Waals surface area contributed by atoms with Gasteiger partial charge in [-0.3, -0.25) is 9.59 Å². The fraction of sp³-hybridized carbons (Fsp3) is 0.935. The molecule has 0 amide bonds. The Bertz CT molecular complexity index is 925. The van der Waals surface area contributed by atoms with Crippen molar-refractivity contribution >= 4 is 11.9 Å². The van der Waals surface area contributed by atoms with E-state index in [1.54, 1.807) is 6.92 Å². The van der Waals surface area contributed by atoms with E-state index < -0.39 is 0 Å². The van der Waals surface area contributed by atoms with Gasteiger partial charge in [-0.15, -0.1) is 0 Å². The topological polar surface area (TPSA) is 71.1 Å². The third-order valence-corrected chi connectivity index (χ3v) is 12.5. The van der Waals surface area contributed by atoms with Crippen LogP contribution in [-0.4, -0.2) is 42.6 Å². The molecule has 4 saturated carbocycles. The molecule has 0 radical (unpaired) electrons. The summed E-state index contributed by atoms with van der Waals surface area (Å²) >= 11 is 0. The molecular formula is C31H48O6. The van der Waals surface area contributed by atoms with Crippen LogP contribution in [0, 0.1) is 52.3 Å². The second kappa shape index (κ2) is 8.94. The van der Waals surface area contributed by atoms with Crippen LogP contribution in [0.25, 0.3) is 0 Å². The fourth-order valence-electron chi connectivity index (χ4n) is 10.9. The first kappa shape index (κ1) is 26.1. The first-order valence-electron chi connectivity index (χ1n) is 15.1. The second-order valence-electron chi connectivity index (χ2n) is 14.4. The van der Waals surface area contributed by atoms with Crippen LogP contribution in [0.2, 0.25) is 0 Å². The van der Waals surface area contributed by atoms with Gasteiger partial charge in [-0.25, -0.2) is 0 Å². The van der Waals surface area contributed by atoms with Gasteiger partial charge in [0.1, 0.15) is 12.2 Å². The van der Waals surface area contributed by atoms with Crippen molar-refractivity contribution in [1.29, 1.82) is 0 Å². The summed E-state index contributed by atoms with van der Waals surface area (Å²) < 4.78 is 25.2. The quantitative estimate of drug-likeness (QED) is 0.425. The minimum Gasteiger partial charge on any atom is -0.463 e. The van der Waals surface area contributed by atoms with Crippen molar-refractivity contribution in [2.75, 3.05) is 6.61 Å². The average Bonchev–Trinajstić information content (AvgIpc) is 3.26. The summed E-state index contributed by atoms with van der Waals surface area (Å²) in [6.07, 6.45) is 9.59. The largest absolute Gasteiger partial charge is 0.463 e. The molecule has 0 aromatic carbocycles. The normalized spacial score (nSPS) is 54.5. The smallest absolute Gasteiger partial charge is 0.302 e. The zero-order valence-electron chi connectivity index (χ0n) is 23.8. The van der Waals surface area contributed by atoms with Crippen LogP contribution in [0.15, 0.2) is 0 Å². The van der Waals surface area contributed by atoms with E-state index in [0.29, 0.717) is 35.5 Å². The van der Waals surface area contributed by atoms with Gasteiger partial charge in [0, 0.05) is 32.1 Å². The summed E-state index contributed by atoms with van der Waals surface area (Å²) in [5.74, 6) is 2.77. The molecule has 13 atom stereocenters. The molecule has 6 aliphatic rings. The van der Waals surface area contributed by atoms with Crippen LogP contribution in [-0.2, 0) is 28.5 Å². The summed E-state index contributed by atoms with van der Waals surface area (Å²) in [4.78, 5) is 24.0. The zero-order chi connectivity index (χ0) is 26.3. The number of rotatable bonds is 2. The molecule has 2 saturated heterocycles. The fourth-order valence-corrected chi connectivity index (χ4v) is 10.9. The lowest BCUT2D eigenvalue weighted by Crippen LogP contribution is -2.59. The van der Waals surface area contributed by atoms with Gasteiger partial charge in [0.2, 0.25) is 0 Å². The number of ether oxygens (including phenoxy) is 4. The maximum absolute atomic E-state index is 12.3. The molecule has 0 N–H and O–H groups in total. The average molecular weight is 517 g/mol. The Morgan fingerprint density at radius 2 is 1.54 bits per heavy atom. The van der Waals surface area contributed by atoms with Crippen LogP contribution in [0.4, 0.5) is 0 Å². The standard InChI is InChI=1S/C31H48O6/c1-17-7-12-31(34-16-17)18(2)28-27(37-31)15-24-22-14-26(36-20(4)33)25-13-21(35-19(3)32)8-10-29(25,5)23(22)9-11-30(24,28)6/h17-18,21-28H,7-16H2,1-6H3/t17?,18-,21-,22+,23-,24-,25+,26+,27-,28-,29+,30-,31+/m0/s1. The van der Waals surface area contributed by atoms with Gasteiger partial charge in [-0.2, -0.15) is 0 Å². The van der Waals surface area contributed by atoms with Crippen molar-refractivity contribution in [3.63, 3.8) is 0 Å². The van der Waals surface area contributed by atoms with Crippen molar-refractivity contribution in [2.45, 2.75) is 123 Å². The lowest BCUT2D eigenvalue weighted by Gasteiger charge is -2.62. The molecule has 6 fully saturated rings. The van der Waals surface area contributed by atoms with E-state index >= 15 is 0 Å². The van der Waals surface area contributed by atoms with E-state index in [1.165, 1.54) is 26.2 Å². The Balaban J connectivity index is 1.27. The Morgan fingerprint density at radius 1 is 0.811 bits per heavy atom. The van der Waals surface area contributed by atoms with Crippen LogP contribution in [0.1, 0.15) is 99.3 Å². The van der Waals surface area contributed by atoms with E-state index in [9.17, 15) is 9.59 Å². The van der Waals surface area contributed by atoms with Crippen LogP contribution in [0.5, 0.6) is 0 Å². The number of hydrogen-bond acceptors (Lipinski definition) is 6. The predicted octanol–water partition coefficient (Wildman–Crippen LogP) is 5.91. The summed E-state index contributed by atoms with van der Waals surface area (Å²) in [5, 5.41) is 0.